The Morgan fingerprint density at radius 1 is 1.44 bits per heavy atom. The number of aryl methyl sites for hydroxylation is 1. The molecule has 1 aromatic carbocycles. The van der Waals surface area contributed by atoms with Crippen LogP contribution in [-0.2, 0) is 14.8 Å². The Morgan fingerprint density at radius 3 is 2.67 bits per heavy atom. The molecule has 2 N–H and O–H groups in total. The van der Waals surface area contributed by atoms with E-state index in [1.54, 1.807) is 0 Å². The molecule has 7 heteroatoms. The highest BCUT2D eigenvalue weighted by atomic mass is 79.9. The Bertz CT molecular complexity index is 600. The summed E-state index contributed by atoms with van der Waals surface area (Å²) in [5.74, 6) is -0.222. The fraction of sp³-hybridized carbons (Fsp3) is 0.364. The standard InChI is InChI=1S/C11H13BrN2O3S/c1-7-2-3-9(12)10(4-7)14-6-8(5-11(14)15)18(13,16)17/h2-4,8H,5-6H2,1H3,(H2,13,16,17). The number of rotatable bonds is 2. The van der Waals surface area contributed by atoms with E-state index in [2.05, 4.69) is 15.9 Å². The summed E-state index contributed by atoms with van der Waals surface area (Å²) in [7, 11) is -3.68. The summed E-state index contributed by atoms with van der Waals surface area (Å²) in [5, 5.41) is 4.27. The molecule has 0 aliphatic carbocycles. The van der Waals surface area contributed by atoms with Crippen LogP contribution >= 0.6 is 15.9 Å². The average Bonchev–Trinajstić information content (AvgIpc) is 2.64. The fourth-order valence-corrected chi connectivity index (χ4v) is 3.15. The summed E-state index contributed by atoms with van der Waals surface area (Å²) >= 11 is 3.36. The van der Waals surface area contributed by atoms with E-state index >= 15 is 0 Å². The van der Waals surface area contributed by atoms with E-state index in [4.69, 9.17) is 5.14 Å². The minimum Gasteiger partial charge on any atom is -0.310 e. The molecular formula is C11H13BrN2O3S. The van der Waals surface area contributed by atoms with Crippen LogP contribution in [0.15, 0.2) is 22.7 Å². The van der Waals surface area contributed by atoms with Gasteiger partial charge in [-0.1, -0.05) is 6.07 Å². The zero-order valence-corrected chi connectivity index (χ0v) is 12.2. The minimum atomic E-state index is -3.68. The Kier molecular flexibility index (Phi) is 3.48. The third-order valence-electron chi connectivity index (χ3n) is 2.95. The molecule has 98 valence electrons. The van der Waals surface area contributed by atoms with Gasteiger partial charge in [-0.25, -0.2) is 13.6 Å². The molecule has 1 atom stereocenters. The zero-order valence-electron chi connectivity index (χ0n) is 9.76. The van der Waals surface area contributed by atoms with Crippen molar-refractivity contribution in [1.82, 2.24) is 0 Å². The first-order chi connectivity index (χ1) is 8.29. The second kappa shape index (κ2) is 4.64. The lowest BCUT2D eigenvalue weighted by molar-refractivity contribution is -0.117. The number of carbonyl (C=O) groups excluding carboxylic acids is 1. The van der Waals surface area contributed by atoms with Gasteiger partial charge in [0.25, 0.3) is 0 Å². The lowest BCUT2D eigenvalue weighted by Crippen LogP contribution is -2.32. The van der Waals surface area contributed by atoms with E-state index in [1.807, 2.05) is 25.1 Å². The number of primary sulfonamides is 1. The third-order valence-corrected chi connectivity index (χ3v) is 4.86. The molecule has 2 rings (SSSR count). The normalized spacial score (nSPS) is 20.5. The van der Waals surface area contributed by atoms with Crippen LogP contribution in [0.1, 0.15) is 12.0 Å². The summed E-state index contributed by atoms with van der Waals surface area (Å²) in [6.07, 6.45) is -0.0563. The molecule has 1 amide bonds. The van der Waals surface area contributed by atoms with Gasteiger partial charge < -0.3 is 4.90 Å². The topological polar surface area (TPSA) is 80.5 Å². The predicted octanol–water partition coefficient (Wildman–Crippen LogP) is 1.15. The fourth-order valence-electron chi connectivity index (χ4n) is 1.96. The Balaban J connectivity index is 2.35. The molecule has 0 spiro atoms. The highest BCUT2D eigenvalue weighted by Crippen LogP contribution is 2.31. The van der Waals surface area contributed by atoms with Crippen LogP contribution in [0.3, 0.4) is 0 Å². The van der Waals surface area contributed by atoms with Gasteiger partial charge in [0.15, 0.2) is 0 Å². The molecule has 18 heavy (non-hydrogen) atoms. The minimum absolute atomic E-state index is 0.0563. The highest BCUT2D eigenvalue weighted by Gasteiger charge is 2.37. The molecule has 0 saturated carbocycles. The Labute approximate surface area is 114 Å². The predicted molar refractivity (Wildman–Crippen MR) is 72.7 cm³/mol. The second-order valence-corrected chi connectivity index (χ2v) is 7.07. The molecule has 1 aliphatic rings. The van der Waals surface area contributed by atoms with E-state index in [1.165, 1.54) is 4.90 Å². The van der Waals surface area contributed by atoms with Crippen molar-refractivity contribution in [3.8, 4) is 0 Å². The van der Waals surface area contributed by atoms with E-state index in [-0.39, 0.29) is 18.9 Å². The van der Waals surface area contributed by atoms with E-state index < -0.39 is 15.3 Å². The molecule has 0 aromatic heterocycles. The van der Waals surface area contributed by atoms with E-state index in [0.717, 1.165) is 10.0 Å². The lowest BCUT2D eigenvalue weighted by atomic mass is 10.2. The summed E-state index contributed by atoms with van der Waals surface area (Å²) in [6.45, 7) is 2.02. The maximum absolute atomic E-state index is 11.9. The van der Waals surface area contributed by atoms with Gasteiger partial charge in [-0.2, -0.15) is 0 Å². The van der Waals surface area contributed by atoms with E-state index in [0.29, 0.717) is 5.69 Å². The van der Waals surface area contributed by atoms with Crippen LogP contribution in [0.2, 0.25) is 0 Å². The summed E-state index contributed by atoms with van der Waals surface area (Å²) in [5.41, 5.74) is 1.69. The van der Waals surface area contributed by atoms with Crippen molar-refractivity contribution in [1.29, 1.82) is 0 Å². The maximum atomic E-state index is 11.9. The smallest absolute Gasteiger partial charge is 0.228 e. The molecule has 1 aliphatic heterocycles. The quantitative estimate of drug-likeness (QED) is 0.882. The Hall–Kier alpha value is -0.920. The first kappa shape index (κ1) is 13.5. The number of carbonyl (C=O) groups is 1. The SMILES string of the molecule is Cc1ccc(Br)c(N2CC(S(N)(=O)=O)CC2=O)c1. The van der Waals surface area contributed by atoms with Crippen molar-refractivity contribution >= 4 is 37.5 Å². The van der Waals surface area contributed by atoms with Gasteiger partial charge in [0.1, 0.15) is 5.25 Å². The molecule has 1 saturated heterocycles. The molecule has 0 radical (unpaired) electrons. The monoisotopic (exact) mass is 332 g/mol. The van der Waals surface area contributed by atoms with Crippen LogP contribution < -0.4 is 10.0 Å². The summed E-state index contributed by atoms with van der Waals surface area (Å²) in [6, 6.07) is 5.58. The largest absolute Gasteiger partial charge is 0.310 e. The van der Waals surface area contributed by atoms with Gasteiger partial charge in [-0.05, 0) is 40.5 Å². The average molecular weight is 333 g/mol. The van der Waals surface area contributed by atoms with Crippen LogP contribution in [0.25, 0.3) is 0 Å². The van der Waals surface area contributed by atoms with Crippen LogP contribution in [-0.4, -0.2) is 26.1 Å². The van der Waals surface area contributed by atoms with Crippen molar-refractivity contribution in [2.75, 3.05) is 11.4 Å². The number of sulfonamides is 1. The number of nitrogens with two attached hydrogens (primary N) is 1. The van der Waals surface area contributed by atoms with Crippen molar-refractivity contribution in [3.05, 3.63) is 28.2 Å². The molecule has 1 fully saturated rings. The maximum Gasteiger partial charge on any atom is 0.228 e. The highest BCUT2D eigenvalue weighted by molar-refractivity contribution is 9.10. The van der Waals surface area contributed by atoms with Gasteiger partial charge in [0.2, 0.25) is 15.9 Å². The molecule has 5 nitrogen and oxygen atoms in total. The Morgan fingerprint density at radius 2 is 2.11 bits per heavy atom. The number of anilines is 1. The van der Waals surface area contributed by atoms with E-state index in [9.17, 15) is 13.2 Å². The van der Waals surface area contributed by atoms with Crippen molar-refractivity contribution in [2.24, 2.45) is 5.14 Å². The molecule has 1 heterocycles. The summed E-state index contributed by atoms with van der Waals surface area (Å²) < 4.78 is 23.4. The van der Waals surface area contributed by atoms with Crippen LogP contribution in [0, 0.1) is 6.92 Å². The molecule has 1 aromatic rings. The number of benzene rings is 1. The number of amides is 1. The molecule has 1 unspecified atom stereocenters. The first-order valence-electron chi connectivity index (χ1n) is 5.37. The van der Waals surface area contributed by atoms with Gasteiger partial charge in [0.05, 0.1) is 5.69 Å². The number of nitrogens with zero attached hydrogens (tertiary/aromatic N) is 1. The van der Waals surface area contributed by atoms with Gasteiger partial charge >= 0.3 is 0 Å². The van der Waals surface area contributed by atoms with Crippen molar-refractivity contribution < 1.29 is 13.2 Å². The van der Waals surface area contributed by atoms with Crippen molar-refractivity contribution in [2.45, 2.75) is 18.6 Å². The first-order valence-corrected chi connectivity index (χ1v) is 7.77. The number of hydrogen-bond donors (Lipinski definition) is 1. The van der Waals surface area contributed by atoms with Gasteiger partial charge in [-0.15, -0.1) is 0 Å². The second-order valence-electron chi connectivity index (χ2n) is 4.37. The summed E-state index contributed by atoms with van der Waals surface area (Å²) in [4.78, 5) is 13.3. The number of hydrogen-bond acceptors (Lipinski definition) is 3. The molecule has 0 bridgehead atoms. The van der Waals surface area contributed by atoms with Gasteiger partial charge in [0, 0.05) is 17.4 Å². The van der Waals surface area contributed by atoms with Crippen molar-refractivity contribution in [3.63, 3.8) is 0 Å². The molecular weight excluding hydrogens is 320 g/mol. The van der Waals surface area contributed by atoms with Crippen LogP contribution in [0.4, 0.5) is 5.69 Å². The number of halogens is 1. The third kappa shape index (κ3) is 2.57. The van der Waals surface area contributed by atoms with Crippen LogP contribution in [0.5, 0.6) is 0 Å². The zero-order chi connectivity index (χ0) is 13.5. The van der Waals surface area contributed by atoms with Gasteiger partial charge in [-0.3, -0.25) is 4.79 Å². The lowest BCUT2D eigenvalue weighted by Gasteiger charge is -2.18.